The summed E-state index contributed by atoms with van der Waals surface area (Å²) < 4.78 is 10.8. The maximum absolute atomic E-state index is 12.7. The number of rotatable bonds is 7. The van der Waals surface area contributed by atoms with E-state index in [9.17, 15) is 4.79 Å². The lowest BCUT2D eigenvalue weighted by Gasteiger charge is -2.18. The number of hydrogen-bond acceptors (Lipinski definition) is 5. The minimum atomic E-state index is -0.0745. The lowest BCUT2D eigenvalue weighted by atomic mass is 10.1. The highest BCUT2D eigenvalue weighted by Gasteiger charge is 2.26. The monoisotopic (exact) mass is 453 g/mol. The van der Waals surface area contributed by atoms with E-state index >= 15 is 0 Å². The molecular weight excluding hydrogens is 426 g/mol. The van der Waals surface area contributed by atoms with Gasteiger partial charge in [-0.15, -0.1) is 0 Å². The van der Waals surface area contributed by atoms with Crippen molar-refractivity contribution >= 4 is 28.3 Å². The fourth-order valence-electron chi connectivity index (χ4n) is 4.62. The summed E-state index contributed by atoms with van der Waals surface area (Å²) in [6.45, 7) is 0. The van der Waals surface area contributed by atoms with Crippen LogP contribution < -0.4 is 20.1 Å². The Morgan fingerprint density at radius 1 is 0.971 bits per heavy atom. The Hall–Kier alpha value is -4.06. The second-order valence-corrected chi connectivity index (χ2v) is 8.41. The minimum Gasteiger partial charge on any atom is -0.497 e. The number of nitrogens with zero attached hydrogens (tertiary/aromatic N) is 1. The smallest absolute Gasteiger partial charge is 0.228 e. The van der Waals surface area contributed by atoms with E-state index in [4.69, 9.17) is 14.5 Å². The summed E-state index contributed by atoms with van der Waals surface area (Å²) in [5.74, 6) is 2.41. The van der Waals surface area contributed by atoms with Crippen molar-refractivity contribution in [3.05, 3.63) is 89.5 Å². The molecule has 3 aromatic carbocycles. The van der Waals surface area contributed by atoms with Crippen molar-refractivity contribution < 1.29 is 14.3 Å². The van der Waals surface area contributed by atoms with Crippen molar-refractivity contribution in [2.45, 2.75) is 25.3 Å². The zero-order chi connectivity index (χ0) is 23.5. The first-order valence-corrected chi connectivity index (χ1v) is 11.4. The van der Waals surface area contributed by atoms with Gasteiger partial charge in [0.1, 0.15) is 17.3 Å². The number of nitrogens with one attached hydrogen (secondary N) is 2. The lowest BCUT2D eigenvalue weighted by molar-refractivity contribution is -0.115. The summed E-state index contributed by atoms with van der Waals surface area (Å²) in [5.41, 5.74) is 5.04. The Bertz CT molecular complexity index is 1330. The molecule has 1 heterocycles. The topological polar surface area (TPSA) is 72.5 Å². The number of amides is 1. The summed E-state index contributed by atoms with van der Waals surface area (Å²) in [6, 6.07) is 23.6. The molecule has 1 unspecified atom stereocenters. The molecule has 6 nitrogen and oxygen atoms in total. The number of carbonyl (C=O) groups excluding carboxylic acids is 1. The quantitative estimate of drug-likeness (QED) is 0.385. The van der Waals surface area contributed by atoms with Crippen LogP contribution in [0.5, 0.6) is 11.5 Å². The fraction of sp³-hybridized carbons (Fsp3) is 0.214. The molecule has 5 rings (SSSR count). The average Bonchev–Trinajstić information content (AvgIpc) is 3.27. The highest BCUT2D eigenvalue weighted by molar-refractivity contribution is 6.02. The van der Waals surface area contributed by atoms with Crippen LogP contribution in [0, 0.1) is 0 Å². The number of ether oxygens (including phenoxy) is 2. The van der Waals surface area contributed by atoms with Crippen LogP contribution in [0.25, 0.3) is 10.9 Å². The molecule has 0 spiro atoms. The van der Waals surface area contributed by atoms with Gasteiger partial charge in [-0.1, -0.05) is 30.3 Å². The van der Waals surface area contributed by atoms with Crippen molar-refractivity contribution in [3.8, 4) is 11.5 Å². The van der Waals surface area contributed by atoms with E-state index in [0.717, 1.165) is 52.3 Å². The van der Waals surface area contributed by atoms with E-state index in [0.29, 0.717) is 0 Å². The Balaban J connectivity index is 1.32. The summed E-state index contributed by atoms with van der Waals surface area (Å²) in [5, 5.41) is 7.52. The number of aromatic nitrogens is 1. The Morgan fingerprint density at radius 3 is 2.59 bits per heavy atom. The van der Waals surface area contributed by atoms with Crippen molar-refractivity contribution in [1.29, 1.82) is 0 Å². The first kappa shape index (κ1) is 21.8. The van der Waals surface area contributed by atoms with Gasteiger partial charge < -0.3 is 20.1 Å². The highest BCUT2D eigenvalue weighted by Crippen LogP contribution is 2.39. The average molecular weight is 454 g/mol. The van der Waals surface area contributed by atoms with E-state index in [-0.39, 0.29) is 18.4 Å². The number of anilines is 2. The maximum atomic E-state index is 12.7. The van der Waals surface area contributed by atoms with Gasteiger partial charge >= 0.3 is 0 Å². The minimum absolute atomic E-state index is 0.0745. The predicted molar refractivity (Wildman–Crippen MR) is 135 cm³/mol. The van der Waals surface area contributed by atoms with Crippen LogP contribution in [0.1, 0.15) is 29.2 Å². The molecule has 34 heavy (non-hydrogen) atoms. The molecule has 2 N–H and O–H groups in total. The second-order valence-electron chi connectivity index (χ2n) is 8.41. The summed E-state index contributed by atoms with van der Waals surface area (Å²) in [4.78, 5) is 17.5. The number of carbonyl (C=O) groups is 1. The van der Waals surface area contributed by atoms with E-state index in [1.165, 1.54) is 11.1 Å². The van der Waals surface area contributed by atoms with Crippen molar-refractivity contribution in [2.75, 3.05) is 24.9 Å². The van der Waals surface area contributed by atoms with Crippen LogP contribution >= 0.6 is 0 Å². The second kappa shape index (κ2) is 9.43. The Labute approximate surface area is 198 Å². The van der Waals surface area contributed by atoms with Gasteiger partial charge in [0.15, 0.2) is 0 Å². The predicted octanol–water partition coefficient (Wildman–Crippen LogP) is 5.53. The van der Waals surface area contributed by atoms with E-state index < -0.39 is 0 Å². The molecule has 1 aliphatic rings. The first-order chi connectivity index (χ1) is 16.6. The molecule has 1 aromatic heterocycles. The third kappa shape index (κ3) is 4.39. The van der Waals surface area contributed by atoms with Crippen LogP contribution in [0.4, 0.5) is 11.5 Å². The molecule has 1 amide bonds. The van der Waals surface area contributed by atoms with Crippen LogP contribution in [-0.4, -0.2) is 25.1 Å². The van der Waals surface area contributed by atoms with E-state index in [2.05, 4.69) is 16.7 Å². The Kier molecular flexibility index (Phi) is 6.04. The van der Waals surface area contributed by atoms with Crippen molar-refractivity contribution in [1.82, 2.24) is 4.98 Å². The SMILES string of the molecule is COc1ccc(CC(=O)Nc2cccc3nc(NC4CCc5cccc(OC)c54)ccc23)cc1. The maximum Gasteiger partial charge on any atom is 0.228 e. The number of pyridine rings is 1. The van der Waals surface area contributed by atoms with Crippen LogP contribution in [0.3, 0.4) is 0 Å². The third-order valence-electron chi connectivity index (χ3n) is 6.28. The van der Waals surface area contributed by atoms with Crippen LogP contribution in [0.15, 0.2) is 72.8 Å². The molecule has 0 saturated carbocycles. The molecule has 0 aliphatic heterocycles. The number of hydrogen-bond donors (Lipinski definition) is 2. The largest absolute Gasteiger partial charge is 0.497 e. The number of methoxy groups -OCH3 is 2. The first-order valence-electron chi connectivity index (χ1n) is 11.4. The number of benzene rings is 3. The normalized spacial score (nSPS) is 14.5. The van der Waals surface area contributed by atoms with Crippen LogP contribution in [-0.2, 0) is 17.6 Å². The zero-order valence-electron chi connectivity index (χ0n) is 19.3. The van der Waals surface area contributed by atoms with Gasteiger partial charge in [0.05, 0.1) is 37.9 Å². The van der Waals surface area contributed by atoms with Crippen LogP contribution in [0.2, 0.25) is 0 Å². The van der Waals surface area contributed by atoms with Gasteiger partial charge in [0.25, 0.3) is 0 Å². The summed E-state index contributed by atoms with van der Waals surface area (Å²) in [6.07, 6.45) is 2.30. The molecule has 172 valence electrons. The molecule has 0 radical (unpaired) electrons. The molecule has 0 fully saturated rings. The third-order valence-corrected chi connectivity index (χ3v) is 6.28. The number of fused-ring (bicyclic) bond motifs is 2. The molecule has 0 bridgehead atoms. The summed E-state index contributed by atoms with van der Waals surface area (Å²) >= 11 is 0. The van der Waals surface area contributed by atoms with Gasteiger partial charge in [0.2, 0.25) is 5.91 Å². The molecule has 4 aromatic rings. The van der Waals surface area contributed by atoms with Crippen molar-refractivity contribution in [3.63, 3.8) is 0 Å². The molecule has 1 aliphatic carbocycles. The fourth-order valence-corrected chi connectivity index (χ4v) is 4.62. The molecule has 1 atom stereocenters. The van der Waals surface area contributed by atoms with Crippen molar-refractivity contribution in [2.24, 2.45) is 0 Å². The number of aryl methyl sites for hydroxylation is 1. The van der Waals surface area contributed by atoms with Gasteiger partial charge in [-0.05, 0) is 66.4 Å². The van der Waals surface area contributed by atoms with Gasteiger partial charge in [-0.25, -0.2) is 4.98 Å². The van der Waals surface area contributed by atoms with E-state index in [1.54, 1.807) is 14.2 Å². The lowest BCUT2D eigenvalue weighted by Crippen LogP contribution is -2.14. The zero-order valence-corrected chi connectivity index (χ0v) is 19.3. The molecule has 0 saturated heterocycles. The highest BCUT2D eigenvalue weighted by atomic mass is 16.5. The molecular formula is C28H27N3O3. The van der Waals surface area contributed by atoms with Gasteiger partial charge in [-0.2, -0.15) is 0 Å². The molecule has 6 heteroatoms. The van der Waals surface area contributed by atoms with Gasteiger partial charge in [-0.3, -0.25) is 4.79 Å². The summed E-state index contributed by atoms with van der Waals surface area (Å²) in [7, 11) is 3.34. The van der Waals surface area contributed by atoms with Gasteiger partial charge in [0, 0.05) is 10.9 Å². The Morgan fingerprint density at radius 2 is 1.79 bits per heavy atom. The standard InChI is InChI=1S/C28H27N3O3/c1-33-20-12-9-18(10-13-20)17-27(32)31-23-7-4-6-22-21(23)14-16-26(29-22)30-24-15-11-19-5-3-8-25(34-2)28(19)24/h3-10,12-14,16,24H,11,15,17H2,1-2H3,(H,29,30)(H,31,32). The van der Waals surface area contributed by atoms with E-state index in [1.807, 2.05) is 66.7 Å².